The Morgan fingerprint density at radius 2 is 1.87 bits per heavy atom. The van der Waals surface area contributed by atoms with Crippen molar-refractivity contribution in [2.24, 2.45) is 0 Å². The van der Waals surface area contributed by atoms with Crippen LogP contribution < -0.4 is 16.6 Å². The number of aromatic nitrogens is 2. The van der Waals surface area contributed by atoms with Crippen LogP contribution in [0, 0.1) is 0 Å². The average Bonchev–Trinajstić information content (AvgIpc) is 2.86. The van der Waals surface area contributed by atoms with Crippen molar-refractivity contribution in [1.82, 2.24) is 19.8 Å². The summed E-state index contributed by atoms with van der Waals surface area (Å²) < 4.78 is 39.8. The third kappa shape index (κ3) is 5.58. The number of nitrogens with two attached hydrogens (primary N) is 1. The van der Waals surface area contributed by atoms with Crippen LogP contribution in [0.15, 0.2) is 58.5 Å². The lowest BCUT2D eigenvalue weighted by molar-refractivity contribution is -0.137. The van der Waals surface area contributed by atoms with E-state index in [1.165, 1.54) is 18.6 Å². The van der Waals surface area contributed by atoms with Gasteiger partial charge in [-0.25, -0.2) is 4.98 Å². The number of nitrogen functional groups attached to an aromatic ring is 1. The summed E-state index contributed by atoms with van der Waals surface area (Å²) in [6, 6.07) is 12.0. The lowest BCUT2D eigenvalue weighted by Gasteiger charge is -2.30. The molecule has 0 unspecified atom stereocenters. The van der Waals surface area contributed by atoms with Gasteiger partial charge in [-0.3, -0.25) is 14.2 Å². The largest absolute Gasteiger partial charge is 0.416 e. The standard InChI is InChI=1S/C27H28F3N5O2S/c28-27(29,30)18-10-8-17(9-11-18)14-32-15-24(36)34-13-12-22-20(16-34)25(37)35(23-7-2-1-6-21(23)31)26(33-22)38-19-4-3-5-19/h1-2,6-11,19,32H,3-5,12-16,31H2. The van der Waals surface area contributed by atoms with E-state index >= 15 is 0 Å². The molecule has 0 atom stereocenters. The maximum Gasteiger partial charge on any atom is 0.416 e. The summed E-state index contributed by atoms with van der Waals surface area (Å²) in [6.07, 6.45) is -0.571. The van der Waals surface area contributed by atoms with Crippen molar-refractivity contribution in [3.05, 3.63) is 81.3 Å². The minimum absolute atomic E-state index is 0.000770. The van der Waals surface area contributed by atoms with Crippen LogP contribution in [0.25, 0.3) is 5.69 Å². The summed E-state index contributed by atoms with van der Waals surface area (Å²) in [7, 11) is 0. The number of anilines is 1. The van der Waals surface area contributed by atoms with Gasteiger partial charge in [-0.1, -0.05) is 42.4 Å². The molecule has 3 aromatic rings. The molecule has 0 bridgehead atoms. The van der Waals surface area contributed by atoms with Crippen molar-refractivity contribution in [2.75, 3.05) is 18.8 Å². The van der Waals surface area contributed by atoms with E-state index in [4.69, 9.17) is 10.7 Å². The molecule has 7 nitrogen and oxygen atoms in total. The van der Waals surface area contributed by atoms with E-state index in [0.717, 1.165) is 25.0 Å². The van der Waals surface area contributed by atoms with Gasteiger partial charge in [0, 0.05) is 24.8 Å². The maximum absolute atomic E-state index is 13.8. The van der Waals surface area contributed by atoms with Crippen LogP contribution in [-0.4, -0.2) is 38.7 Å². The molecule has 1 saturated carbocycles. The molecule has 1 fully saturated rings. The van der Waals surface area contributed by atoms with Crippen LogP contribution in [0.4, 0.5) is 18.9 Å². The Morgan fingerprint density at radius 3 is 2.53 bits per heavy atom. The molecular weight excluding hydrogens is 515 g/mol. The summed E-state index contributed by atoms with van der Waals surface area (Å²) >= 11 is 1.61. The highest BCUT2D eigenvalue weighted by Gasteiger charge is 2.31. The molecule has 3 N–H and O–H groups in total. The highest BCUT2D eigenvalue weighted by atomic mass is 32.2. The summed E-state index contributed by atoms with van der Waals surface area (Å²) in [5.41, 5.74) is 8.18. The third-order valence-corrected chi connectivity index (χ3v) is 8.23. The van der Waals surface area contributed by atoms with Crippen molar-refractivity contribution in [1.29, 1.82) is 0 Å². The maximum atomic E-state index is 13.8. The fourth-order valence-electron chi connectivity index (χ4n) is 4.53. The molecule has 2 aliphatic rings. The number of hydrogen-bond acceptors (Lipinski definition) is 6. The quantitative estimate of drug-likeness (QED) is 0.344. The van der Waals surface area contributed by atoms with Crippen molar-refractivity contribution >= 4 is 23.4 Å². The monoisotopic (exact) mass is 543 g/mol. The number of hydrogen-bond donors (Lipinski definition) is 2. The van der Waals surface area contributed by atoms with Gasteiger partial charge in [0.25, 0.3) is 5.56 Å². The minimum Gasteiger partial charge on any atom is -0.397 e. The van der Waals surface area contributed by atoms with Crippen molar-refractivity contribution in [3.8, 4) is 5.69 Å². The Bertz CT molecular complexity index is 1390. The first kappa shape index (κ1) is 26.3. The number of nitrogens with one attached hydrogen (secondary N) is 1. The normalized spacial score (nSPS) is 15.7. The second-order valence-corrected chi connectivity index (χ2v) is 10.8. The highest BCUT2D eigenvalue weighted by molar-refractivity contribution is 7.99. The Hall–Kier alpha value is -3.31. The van der Waals surface area contributed by atoms with Gasteiger partial charge in [0.1, 0.15) is 0 Å². The number of rotatable bonds is 7. The molecule has 0 saturated heterocycles. The summed E-state index contributed by atoms with van der Waals surface area (Å²) in [5, 5.41) is 4.05. The van der Waals surface area contributed by atoms with Gasteiger partial charge in [-0.15, -0.1) is 0 Å². The fourth-order valence-corrected chi connectivity index (χ4v) is 5.84. The molecular formula is C27H28F3N5O2S. The molecule has 2 heterocycles. The number of fused-ring (bicyclic) bond motifs is 1. The smallest absolute Gasteiger partial charge is 0.397 e. The first-order valence-corrected chi connectivity index (χ1v) is 13.4. The van der Waals surface area contributed by atoms with E-state index in [2.05, 4.69) is 5.32 Å². The number of carbonyl (C=O) groups is 1. The van der Waals surface area contributed by atoms with Gasteiger partial charge in [0.15, 0.2) is 5.16 Å². The van der Waals surface area contributed by atoms with Gasteiger partial charge in [0.05, 0.1) is 41.3 Å². The Labute approximate surface area is 222 Å². The predicted octanol–water partition coefficient (Wildman–Crippen LogP) is 4.15. The topological polar surface area (TPSA) is 93.2 Å². The third-order valence-electron chi connectivity index (χ3n) is 6.94. The van der Waals surface area contributed by atoms with Gasteiger partial charge in [0.2, 0.25) is 5.91 Å². The number of alkyl halides is 3. The molecule has 1 amide bonds. The number of carbonyl (C=O) groups excluding carboxylic acids is 1. The van der Waals surface area contributed by atoms with Crippen LogP contribution in [-0.2, 0) is 30.5 Å². The lowest BCUT2D eigenvalue weighted by Crippen LogP contribution is -2.44. The molecule has 200 valence electrons. The number of para-hydroxylation sites is 2. The minimum atomic E-state index is -4.39. The molecule has 11 heteroatoms. The van der Waals surface area contributed by atoms with Crippen LogP contribution in [0.1, 0.15) is 41.6 Å². The van der Waals surface area contributed by atoms with Crippen LogP contribution in [0.5, 0.6) is 0 Å². The molecule has 1 aliphatic heterocycles. The number of amides is 1. The van der Waals surface area contributed by atoms with E-state index in [9.17, 15) is 22.8 Å². The number of halogens is 3. The molecule has 2 aromatic carbocycles. The van der Waals surface area contributed by atoms with Crippen molar-refractivity contribution in [3.63, 3.8) is 0 Å². The summed E-state index contributed by atoms with van der Waals surface area (Å²) in [4.78, 5) is 33.2. The first-order valence-electron chi connectivity index (χ1n) is 12.5. The van der Waals surface area contributed by atoms with Crippen LogP contribution >= 0.6 is 11.8 Å². The lowest BCUT2D eigenvalue weighted by atomic mass is 10.0. The Balaban J connectivity index is 1.30. The zero-order chi connectivity index (χ0) is 26.9. The second-order valence-electron chi connectivity index (χ2n) is 9.55. The molecule has 1 aliphatic carbocycles. The van der Waals surface area contributed by atoms with Crippen LogP contribution in [0.3, 0.4) is 0 Å². The zero-order valence-corrected chi connectivity index (χ0v) is 21.4. The van der Waals surface area contributed by atoms with Crippen molar-refractivity contribution < 1.29 is 18.0 Å². The van der Waals surface area contributed by atoms with E-state index in [-0.39, 0.29) is 31.1 Å². The van der Waals surface area contributed by atoms with Gasteiger partial charge >= 0.3 is 6.18 Å². The van der Waals surface area contributed by atoms with E-state index in [0.29, 0.717) is 51.6 Å². The summed E-state index contributed by atoms with van der Waals surface area (Å²) in [5.74, 6) is -0.194. The van der Waals surface area contributed by atoms with Gasteiger partial charge < -0.3 is 16.0 Å². The molecule has 38 heavy (non-hydrogen) atoms. The first-order chi connectivity index (χ1) is 18.2. The molecule has 5 rings (SSSR count). The van der Waals surface area contributed by atoms with E-state index < -0.39 is 11.7 Å². The molecule has 1 aromatic heterocycles. The average molecular weight is 544 g/mol. The number of nitrogens with zero attached hydrogens (tertiary/aromatic N) is 3. The van der Waals surface area contributed by atoms with E-state index in [1.54, 1.807) is 33.4 Å². The molecule has 0 spiro atoms. The van der Waals surface area contributed by atoms with Gasteiger partial charge in [-0.2, -0.15) is 13.2 Å². The number of benzene rings is 2. The zero-order valence-electron chi connectivity index (χ0n) is 20.6. The second kappa shape index (κ2) is 10.8. The van der Waals surface area contributed by atoms with Crippen LogP contribution in [0.2, 0.25) is 0 Å². The highest BCUT2D eigenvalue weighted by Crippen LogP contribution is 2.37. The Kier molecular flexibility index (Phi) is 7.49. The fraction of sp³-hybridized carbons (Fsp3) is 0.370. The van der Waals surface area contributed by atoms with E-state index in [1.807, 2.05) is 12.1 Å². The summed E-state index contributed by atoms with van der Waals surface area (Å²) in [6.45, 7) is 0.825. The van der Waals surface area contributed by atoms with Crippen molar-refractivity contribution in [2.45, 2.75) is 55.4 Å². The predicted molar refractivity (Wildman–Crippen MR) is 140 cm³/mol. The molecule has 0 radical (unpaired) electrons. The SMILES string of the molecule is Nc1ccccc1-n1c(SC2CCC2)nc2c(c1=O)CN(C(=O)CNCc1ccc(C(F)(F)F)cc1)CC2. The van der Waals surface area contributed by atoms with Gasteiger partial charge in [-0.05, 0) is 42.7 Å². The number of thioether (sulfide) groups is 1. The Morgan fingerprint density at radius 1 is 1.13 bits per heavy atom.